The Morgan fingerprint density at radius 3 is 2.58 bits per heavy atom. The Balaban J connectivity index is 2.01. The van der Waals surface area contributed by atoms with Crippen molar-refractivity contribution in [1.82, 2.24) is 0 Å². The summed E-state index contributed by atoms with van der Waals surface area (Å²) >= 11 is 0. The van der Waals surface area contributed by atoms with Gasteiger partial charge < -0.3 is 16.2 Å². The van der Waals surface area contributed by atoms with E-state index < -0.39 is 11.7 Å². The molecule has 1 aromatic carbocycles. The Hall–Kier alpha value is -1.43. The van der Waals surface area contributed by atoms with E-state index in [0.717, 1.165) is 31.4 Å². The summed E-state index contributed by atoms with van der Waals surface area (Å²) in [5.41, 5.74) is 5.41. The maximum atomic E-state index is 12.5. The van der Waals surface area contributed by atoms with Crippen molar-refractivity contribution in [3.05, 3.63) is 23.8 Å². The van der Waals surface area contributed by atoms with Gasteiger partial charge in [-0.2, -0.15) is 13.2 Å². The van der Waals surface area contributed by atoms with Crippen molar-refractivity contribution in [1.29, 1.82) is 0 Å². The van der Waals surface area contributed by atoms with Crippen LogP contribution in [0.3, 0.4) is 0 Å². The first-order chi connectivity index (χ1) is 8.88. The number of halogens is 3. The first-order valence-electron chi connectivity index (χ1n) is 6.26. The molecule has 4 N–H and O–H groups in total. The lowest BCUT2D eigenvalue weighted by Crippen LogP contribution is -2.22. The molecule has 0 amide bonds. The molecule has 1 aliphatic carbocycles. The number of aliphatic hydroxyl groups excluding tert-OH is 1. The summed E-state index contributed by atoms with van der Waals surface area (Å²) < 4.78 is 37.4. The highest BCUT2D eigenvalue weighted by Gasteiger charge is 2.31. The van der Waals surface area contributed by atoms with Crippen LogP contribution in [-0.4, -0.2) is 17.8 Å². The third kappa shape index (κ3) is 3.32. The van der Waals surface area contributed by atoms with Crippen LogP contribution in [0, 0.1) is 5.92 Å². The molecule has 106 valence electrons. The molecule has 1 saturated carbocycles. The van der Waals surface area contributed by atoms with Crippen molar-refractivity contribution in [2.24, 2.45) is 5.92 Å². The Morgan fingerprint density at radius 1 is 1.32 bits per heavy atom. The standard InChI is InChI=1S/C13H17F3N2O/c14-13(15,16)9-4-5-11(10(17)6-9)18-7-8-2-1-3-12(8)19/h4-6,8,12,18-19H,1-3,7,17H2. The molecule has 2 unspecified atom stereocenters. The van der Waals surface area contributed by atoms with Gasteiger partial charge in [0.25, 0.3) is 0 Å². The fraction of sp³-hybridized carbons (Fsp3) is 0.538. The second kappa shape index (κ2) is 5.28. The van der Waals surface area contributed by atoms with Gasteiger partial charge in [-0.25, -0.2) is 0 Å². The van der Waals surface area contributed by atoms with Gasteiger partial charge in [0.15, 0.2) is 0 Å². The van der Waals surface area contributed by atoms with Gasteiger partial charge in [0, 0.05) is 12.5 Å². The summed E-state index contributed by atoms with van der Waals surface area (Å²) in [5, 5.41) is 12.7. The van der Waals surface area contributed by atoms with Gasteiger partial charge >= 0.3 is 6.18 Å². The van der Waals surface area contributed by atoms with E-state index in [-0.39, 0.29) is 17.7 Å². The largest absolute Gasteiger partial charge is 0.416 e. The normalized spacial score (nSPS) is 23.6. The van der Waals surface area contributed by atoms with Crippen LogP contribution in [-0.2, 0) is 6.18 Å². The molecule has 0 heterocycles. The highest BCUT2D eigenvalue weighted by atomic mass is 19.4. The molecule has 1 aromatic rings. The minimum absolute atomic E-state index is 0.0716. The molecule has 0 aliphatic heterocycles. The minimum atomic E-state index is -4.38. The summed E-state index contributed by atoms with van der Waals surface area (Å²) in [5.74, 6) is 0.140. The Labute approximate surface area is 109 Å². The summed E-state index contributed by atoms with van der Waals surface area (Å²) in [6, 6.07) is 3.26. The van der Waals surface area contributed by atoms with E-state index in [1.165, 1.54) is 6.07 Å². The van der Waals surface area contributed by atoms with E-state index in [1.807, 2.05) is 0 Å². The zero-order valence-electron chi connectivity index (χ0n) is 10.4. The first kappa shape index (κ1) is 14.0. The van der Waals surface area contributed by atoms with E-state index in [4.69, 9.17) is 5.73 Å². The minimum Gasteiger partial charge on any atom is -0.397 e. The zero-order valence-corrected chi connectivity index (χ0v) is 10.4. The van der Waals surface area contributed by atoms with Crippen molar-refractivity contribution in [2.75, 3.05) is 17.6 Å². The van der Waals surface area contributed by atoms with Crippen molar-refractivity contribution in [3.8, 4) is 0 Å². The highest BCUT2D eigenvalue weighted by Crippen LogP contribution is 2.33. The molecule has 0 radical (unpaired) electrons. The number of rotatable bonds is 3. The smallest absolute Gasteiger partial charge is 0.397 e. The summed E-state index contributed by atoms with van der Waals surface area (Å²) in [6.45, 7) is 0.525. The van der Waals surface area contributed by atoms with Gasteiger partial charge in [-0.15, -0.1) is 0 Å². The fourth-order valence-electron chi connectivity index (χ4n) is 2.40. The second-order valence-electron chi connectivity index (χ2n) is 4.94. The van der Waals surface area contributed by atoms with Crippen LogP contribution in [0.5, 0.6) is 0 Å². The van der Waals surface area contributed by atoms with Gasteiger partial charge in [-0.05, 0) is 31.0 Å². The van der Waals surface area contributed by atoms with E-state index in [1.54, 1.807) is 0 Å². The van der Waals surface area contributed by atoms with Crippen LogP contribution in [0.15, 0.2) is 18.2 Å². The molecule has 1 aliphatic rings. The molecular formula is C13H17F3N2O. The average molecular weight is 274 g/mol. The molecule has 6 heteroatoms. The summed E-state index contributed by atoms with van der Waals surface area (Å²) in [7, 11) is 0. The molecule has 0 saturated heterocycles. The first-order valence-corrected chi connectivity index (χ1v) is 6.26. The van der Waals surface area contributed by atoms with Gasteiger partial charge in [-0.1, -0.05) is 6.42 Å². The number of aliphatic hydroxyl groups is 1. The Morgan fingerprint density at radius 2 is 2.05 bits per heavy atom. The topological polar surface area (TPSA) is 58.3 Å². The van der Waals surface area contributed by atoms with Crippen molar-refractivity contribution < 1.29 is 18.3 Å². The van der Waals surface area contributed by atoms with Gasteiger partial charge in [0.1, 0.15) is 0 Å². The number of nitrogen functional groups attached to an aromatic ring is 1. The lowest BCUT2D eigenvalue weighted by atomic mass is 10.1. The van der Waals surface area contributed by atoms with E-state index in [0.29, 0.717) is 12.2 Å². The molecule has 2 rings (SSSR count). The van der Waals surface area contributed by atoms with Gasteiger partial charge in [-0.3, -0.25) is 0 Å². The number of benzene rings is 1. The lowest BCUT2D eigenvalue weighted by molar-refractivity contribution is -0.137. The highest BCUT2D eigenvalue weighted by molar-refractivity contribution is 5.67. The van der Waals surface area contributed by atoms with Crippen LogP contribution < -0.4 is 11.1 Å². The number of alkyl halides is 3. The molecule has 0 bridgehead atoms. The third-order valence-corrected chi connectivity index (χ3v) is 3.55. The molecule has 1 fully saturated rings. The third-order valence-electron chi connectivity index (χ3n) is 3.55. The lowest BCUT2D eigenvalue weighted by Gasteiger charge is -2.17. The quantitative estimate of drug-likeness (QED) is 0.743. The number of nitrogens with two attached hydrogens (primary N) is 1. The maximum Gasteiger partial charge on any atom is 0.416 e. The fourth-order valence-corrected chi connectivity index (χ4v) is 2.40. The predicted octanol–water partition coefficient (Wildman–Crippen LogP) is 2.86. The summed E-state index contributed by atoms with van der Waals surface area (Å²) in [6.07, 6.45) is -2.02. The van der Waals surface area contributed by atoms with E-state index >= 15 is 0 Å². The molecule has 3 nitrogen and oxygen atoms in total. The number of anilines is 2. The zero-order chi connectivity index (χ0) is 14.0. The maximum absolute atomic E-state index is 12.5. The van der Waals surface area contributed by atoms with Gasteiger partial charge in [0.05, 0.1) is 23.0 Å². The van der Waals surface area contributed by atoms with Crippen LogP contribution in [0.4, 0.5) is 24.5 Å². The van der Waals surface area contributed by atoms with Gasteiger partial charge in [0.2, 0.25) is 0 Å². The SMILES string of the molecule is Nc1cc(C(F)(F)F)ccc1NCC1CCCC1O. The number of hydrogen-bond donors (Lipinski definition) is 3. The van der Waals surface area contributed by atoms with E-state index in [9.17, 15) is 18.3 Å². The molecule has 2 atom stereocenters. The molecule has 0 spiro atoms. The number of hydrogen-bond acceptors (Lipinski definition) is 3. The molecule has 19 heavy (non-hydrogen) atoms. The monoisotopic (exact) mass is 274 g/mol. The molecule has 0 aromatic heterocycles. The summed E-state index contributed by atoms with van der Waals surface area (Å²) in [4.78, 5) is 0. The van der Waals surface area contributed by atoms with Crippen LogP contribution in [0.2, 0.25) is 0 Å². The van der Waals surface area contributed by atoms with E-state index in [2.05, 4.69) is 5.32 Å². The number of nitrogens with one attached hydrogen (secondary N) is 1. The van der Waals surface area contributed by atoms with Crippen LogP contribution >= 0.6 is 0 Å². The Bertz CT molecular complexity index is 448. The molecular weight excluding hydrogens is 257 g/mol. The van der Waals surface area contributed by atoms with Crippen molar-refractivity contribution in [2.45, 2.75) is 31.5 Å². The predicted molar refractivity (Wildman–Crippen MR) is 67.7 cm³/mol. The van der Waals surface area contributed by atoms with Crippen molar-refractivity contribution >= 4 is 11.4 Å². The van der Waals surface area contributed by atoms with Crippen molar-refractivity contribution in [3.63, 3.8) is 0 Å². The van der Waals surface area contributed by atoms with Crippen LogP contribution in [0.1, 0.15) is 24.8 Å². The van der Waals surface area contributed by atoms with Crippen LogP contribution in [0.25, 0.3) is 0 Å². The second-order valence-corrected chi connectivity index (χ2v) is 4.94. The average Bonchev–Trinajstić information content (AvgIpc) is 2.72. The Kier molecular flexibility index (Phi) is 3.89.